The number of methoxy groups -OCH3 is 1. The van der Waals surface area contributed by atoms with Gasteiger partial charge in [-0.25, -0.2) is 0 Å². The highest BCUT2D eigenvalue weighted by molar-refractivity contribution is 5.91. The molecule has 2 heterocycles. The van der Waals surface area contributed by atoms with E-state index in [0.29, 0.717) is 17.4 Å². The average Bonchev–Trinajstić information content (AvgIpc) is 2.49. The van der Waals surface area contributed by atoms with Crippen LogP contribution < -0.4 is 15.8 Å². The first-order valence-electron chi connectivity index (χ1n) is 6.19. The zero-order chi connectivity index (χ0) is 13.9. The van der Waals surface area contributed by atoms with Gasteiger partial charge in [-0.05, 0) is 24.3 Å². The molecule has 0 unspecified atom stereocenters. The molecule has 1 aromatic carbocycles. The molecule has 0 aliphatic carbocycles. The summed E-state index contributed by atoms with van der Waals surface area (Å²) in [5.41, 5.74) is 8.05. The highest BCUT2D eigenvalue weighted by atomic mass is 16.5. The van der Waals surface area contributed by atoms with Crippen LogP contribution in [0, 0.1) is 0 Å². The van der Waals surface area contributed by atoms with Gasteiger partial charge in [0.05, 0.1) is 24.0 Å². The summed E-state index contributed by atoms with van der Waals surface area (Å²) in [6.07, 6.45) is 1.77. The maximum Gasteiger partial charge on any atom is 0.238 e. The smallest absolute Gasteiger partial charge is 0.238 e. The number of anilines is 3. The zero-order valence-electron chi connectivity index (χ0n) is 11.0. The molecule has 20 heavy (non-hydrogen) atoms. The molecule has 5 heteroatoms. The van der Waals surface area contributed by atoms with Crippen molar-refractivity contribution in [3.8, 4) is 5.88 Å². The standard InChI is InChI=1S/C15H14N4O/c1-20-15-11(16)7-8-13(19-15)18-12-6-2-4-10-5-3-9-17-14(10)12/h2-9H,16H2,1H3,(H,18,19). The van der Waals surface area contributed by atoms with Crippen LogP contribution in [0.1, 0.15) is 0 Å². The van der Waals surface area contributed by atoms with Crippen molar-refractivity contribution in [1.82, 2.24) is 9.97 Å². The monoisotopic (exact) mass is 266 g/mol. The molecule has 0 fully saturated rings. The summed E-state index contributed by atoms with van der Waals surface area (Å²) in [4.78, 5) is 8.70. The van der Waals surface area contributed by atoms with E-state index in [-0.39, 0.29) is 0 Å². The normalized spacial score (nSPS) is 10.4. The molecule has 100 valence electrons. The minimum Gasteiger partial charge on any atom is -0.479 e. The van der Waals surface area contributed by atoms with Gasteiger partial charge in [-0.1, -0.05) is 18.2 Å². The molecule has 0 bridgehead atoms. The Morgan fingerprint density at radius 2 is 1.95 bits per heavy atom. The fourth-order valence-electron chi connectivity index (χ4n) is 2.03. The molecule has 0 amide bonds. The largest absolute Gasteiger partial charge is 0.479 e. The molecule has 5 nitrogen and oxygen atoms in total. The summed E-state index contributed by atoms with van der Waals surface area (Å²) < 4.78 is 5.12. The van der Waals surface area contributed by atoms with Crippen LogP contribution in [-0.2, 0) is 0 Å². The van der Waals surface area contributed by atoms with Crippen LogP contribution in [0.4, 0.5) is 17.2 Å². The third-order valence-electron chi connectivity index (χ3n) is 2.98. The van der Waals surface area contributed by atoms with Gasteiger partial charge < -0.3 is 15.8 Å². The van der Waals surface area contributed by atoms with E-state index in [9.17, 15) is 0 Å². The van der Waals surface area contributed by atoms with Crippen molar-refractivity contribution >= 4 is 28.1 Å². The van der Waals surface area contributed by atoms with Gasteiger partial charge in [0.2, 0.25) is 5.88 Å². The van der Waals surface area contributed by atoms with Crippen molar-refractivity contribution in [2.24, 2.45) is 0 Å². The van der Waals surface area contributed by atoms with E-state index < -0.39 is 0 Å². The number of nitrogens with one attached hydrogen (secondary N) is 1. The highest BCUT2D eigenvalue weighted by Crippen LogP contribution is 2.26. The van der Waals surface area contributed by atoms with Gasteiger partial charge in [0.25, 0.3) is 0 Å². The van der Waals surface area contributed by atoms with Gasteiger partial charge in [0.15, 0.2) is 0 Å². The quantitative estimate of drug-likeness (QED) is 0.762. The van der Waals surface area contributed by atoms with Gasteiger partial charge in [-0.15, -0.1) is 0 Å². The Bertz CT molecular complexity index is 752. The molecular weight excluding hydrogens is 252 g/mol. The Morgan fingerprint density at radius 3 is 2.80 bits per heavy atom. The number of hydrogen-bond donors (Lipinski definition) is 2. The van der Waals surface area contributed by atoms with E-state index in [4.69, 9.17) is 10.5 Å². The van der Waals surface area contributed by atoms with Crippen molar-refractivity contribution in [2.45, 2.75) is 0 Å². The van der Waals surface area contributed by atoms with Crippen LogP contribution in [0.15, 0.2) is 48.7 Å². The predicted octanol–water partition coefficient (Wildman–Crippen LogP) is 2.96. The SMILES string of the molecule is COc1nc(Nc2cccc3cccnc23)ccc1N. The molecule has 0 saturated heterocycles. The van der Waals surface area contributed by atoms with Gasteiger partial charge in [-0.3, -0.25) is 4.98 Å². The highest BCUT2D eigenvalue weighted by Gasteiger charge is 2.06. The van der Waals surface area contributed by atoms with Gasteiger partial charge in [0.1, 0.15) is 5.82 Å². The number of pyridine rings is 2. The molecule has 0 saturated carbocycles. The number of ether oxygens (including phenoxy) is 1. The lowest BCUT2D eigenvalue weighted by Crippen LogP contribution is -2.00. The summed E-state index contributed by atoms with van der Waals surface area (Å²) in [5.74, 6) is 1.07. The van der Waals surface area contributed by atoms with Crippen LogP contribution in [0.2, 0.25) is 0 Å². The van der Waals surface area contributed by atoms with Crippen LogP contribution in [-0.4, -0.2) is 17.1 Å². The zero-order valence-corrected chi connectivity index (χ0v) is 11.0. The third-order valence-corrected chi connectivity index (χ3v) is 2.98. The van der Waals surface area contributed by atoms with Crippen molar-refractivity contribution in [1.29, 1.82) is 0 Å². The number of para-hydroxylation sites is 1. The summed E-state index contributed by atoms with van der Waals surface area (Å²) in [7, 11) is 1.54. The predicted molar refractivity (Wildman–Crippen MR) is 80.2 cm³/mol. The second-order valence-corrected chi connectivity index (χ2v) is 4.30. The van der Waals surface area contributed by atoms with Crippen LogP contribution in [0.5, 0.6) is 5.88 Å². The number of aromatic nitrogens is 2. The van der Waals surface area contributed by atoms with E-state index in [2.05, 4.69) is 15.3 Å². The summed E-state index contributed by atoms with van der Waals surface area (Å²) in [6, 6.07) is 13.4. The second kappa shape index (κ2) is 5.05. The Balaban J connectivity index is 2.01. The van der Waals surface area contributed by atoms with Gasteiger partial charge >= 0.3 is 0 Å². The maximum absolute atomic E-state index is 5.76. The molecule has 0 spiro atoms. The summed E-state index contributed by atoms with van der Waals surface area (Å²) in [5, 5.41) is 4.31. The minimum absolute atomic E-state index is 0.406. The fraction of sp³-hybridized carbons (Fsp3) is 0.0667. The summed E-state index contributed by atoms with van der Waals surface area (Å²) >= 11 is 0. The van der Waals surface area contributed by atoms with E-state index in [1.165, 1.54) is 0 Å². The minimum atomic E-state index is 0.406. The number of benzene rings is 1. The Kier molecular flexibility index (Phi) is 3.09. The molecule has 3 rings (SSSR count). The van der Waals surface area contributed by atoms with E-state index in [0.717, 1.165) is 16.6 Å². The Morgan fingerprint density at radius 1 is 1.10 bits per heavy atom. The lowest BCUT2D eigenvalue weighted by atomic mass is 10.2. The number of nitrogen functional groups attached to an aromatic ring is 1. The van der Waals surface area contributed by atoms with Crippen molar-refractivity contribution in [3.05, 3.63) is 48.7 Å². The number of fused-ring (bicyclic) bond motifs is 1. The average molecular weight is 266 g/mol. The molecule has 3 aromatic rings. The van der Waals surface area contributed by atoms with Gasteiger partial charge in [0, 0.05) is 11.6 Å². The van der Waals surface area contributed by atoms with E-state index >= 15 is 0 Å². The molecule has 2 aromatic heterocycles. The first-order chi connectivity index (χ1) is 9.78. The summed E-state index contributed by atoms with van der Waals surface area (Å²) in [6.45, 7) is 0. The first-order valence-corrected chi connectivity index (χ1v) is 6.19. The van der Waals surface area contributed by atoms with Crippen molar-refractivity contribution < 1.29 is 4.74 Å². The van der Waals surface area contributed by atoms with Crippen molar-refractivity contribution in [2.75, 3.05) is 18.2 Å². The topological polar surface area (TPSA) is 73.1 Å². The van der Waals surface area contributed by atoms with Crippen LogP contribution in [0.25, 0.3) is 10.9 Å². The molecule has 0 radical (unpaired) electrons. The first kappa shape index (κ1) is 12.2. The maximum atomic E-state index is 5.76. The van der Waals surface area contributed by atoms with Crippen LogP contribution in [0.3, 0.4) is 0 Å². The van der Waals surface area contributed by atoms with Crippen molar-refractivity contribution in [3.63, 3.8) is 0 Å². The molecule has 3 N–H and O–H groups in total. The van der Waals surface area contributed by atoms with Crippen LogP contribution >= 0.6 is 0 Å². The fourth-order valence-corrected chi connectivity index (χ4v) is 2.03. The Labute approximate surface area is 116 Å². The number of nitrogens with two attached hydrogens (primary N) is 1. The second-order valence-electron chi connectivity index (χ2n) is 4.30. The number of nitrogens with zero attached hydrogens (tertiary/aromatic N) is 2. The molecule has 0 atom stereocenters. The lowest BCUT2D eigenvalue weighted by Gasteiger charge is -2.10. The number of hydrogen-bond acceptors (Lipinski definition) is 5. The third kappa shape index (κ3) is 2.21. The van der Waals surface area contributed by atoms with E-state index in [1.54, 1.807) is 25.4 Å². The number of rotatable bonds is 3. The molecule has 0 aliphatic heterocycles. The molecule has 0 aliphatic rings. The lowest BCUT2D eigenvalue weighted by molar-refractivity contribution is 0.401. The molecular formula is C15H14N4O. The van der Waals surface area contributed by atoms with E-state index in [1.807, 2.05) is 30.3 Å². The van der Waals surface area contributed by atoms with Gasteiger partial charge in [-0.2, -0.15) is 4.98 Å². The Hall–Kier alpha value is -2.82.